The first-order valence-corrected chi connectivity index (χ1v) is 7.20. The number of likely N-dealkylation sites (N-methyl/N-ethyl adjacent to an activating group) is 1. The van der Waals surface area contributed by atoms with Gasteiger partial charge in [0.1, 0.15) is 5.65 Å². The molecule has 0 aliphatic carbocycles. The fourth-order valence-corrected chi connectivity index (χ4v) is 3.13. The number of hydrogen-bond donors (Lipinski definition) is 1. The molecule has 0 spiro atoms. The highest BCUT2D eigenvalue weighted by atomic mass is 16.1. The van der Waals surface area contributed by atoms with E-state index in [1.54, 1.807) is 12.1 Å². The van der Waals surface area contributed by atoms with Crippen LogP contribution in [0.15, 0.2) is 29.3 Å². The van der Waals surface area contributed by atoms with Gasteiger partial charge in [0.2, 0.25) is 0 Å². The van der Waals surface area contributed by atoms with E-state index in [2.05, 4.69) is 23.0 Å². The van der Waals surface area contributed by atoms with E-state index in [-0.39, 0.29) is 5.43 Å². The lowest BCUT2D eigenvalue weighted by atomic mass is 9.98. The van der Waals surface area contributed by atoms with Gasteiger partial charge in [0.25, 0.3) is 0 Å². The largest absolute Gasteiger partial charge is 0.343 e. The number of hydrogen-bond acceptors (Lipinski definition) is 2. The maximum absolute atomic E-state index is 11.3. The molecule has 1 N–H and O–H groups in total. The summed E-state index contributed by atoms with van der Waals surface area (Å²) in [5.74, 6) is 0. The number of nitrogens with zero attached hydrogens (tertiary/aromatic N) is 2. The number of H-pyrrole nitrogens is 1. The van der Waals surface area contributed by atoms with Crippen molar-refractivity contribution < 1.29 is 0 Å². The molecule has 1 fully saturated rings. The Balaban J connectivity index is 1.82. The van der Waals surface area contributed by atoms with E-state index in [1.807, 2.05) is 10.6 Å². The first-order valence-electron chi connectivity index (χ1n) is 7.20. The normalized spacial score (nSPS) is 21.0. The maximum atomic E-state index is 11.3. The third-order valence-electron chi connectivity index (χ3n) is 4.15. The highest BCUT2D eigenvalue weighted by molar-refractivity contribution is 5.39. The van der Waals surface area contributed by atoms with Crippen LogP contribution in [0.1, 0.15) is 31.9 Å². The smallest absolute Gasteiger partial charge is 0.183 e. The monoisotopic (exact) mass is 259 g/mol. The fraction of sp³-hybridized carbons (Fsp3) is 0.533. The molecule has 4 heteroatoms. The van der Waals surface area contributed by atoms with Crippen LogP contribution in [0.3, 0.4) is 0 Å². The summed E-state index contributed by atoms with van der Waals surface area (Å²) in [6, 6.07) is 3.89. The van der Waals surface area contributed by atoms with Crippen LogP contribution in [0.25, 0.3) is 5.65 Å². The molecule has 2 aromatic heterocycles. The Morgan fingerprint density at radius 2 is 2.32 bits per heavy atom. The lowest BCUT2D eigenvalue weighted by Gasteiger charge is -2.34. The van der Waals surface area contributed by atoms with Crippen LogP contribution in [0, 0.1) is 0 Å². The van der Waals surface area contributed by atoms with E-state index in [0.29, 0.717) is 6.04 Å². The van der Waals surface area contributed by atoms with Crippen molar-refractivity contribution in [1.82, 2.24) is 14.3 Å². The molecule has 1 saturated heterocycles. The van der Waals surface area contributed by atoms with E-state index in [1.165, 1.54) is 31.5 Å². The molecular formula is C15H21N3O. The minimum atomic E-state index is 0.0567. The highest BCUT2D eigenvalue weighted by Gasteiger charge is 2.21. The van der Waals surface area contributed by atoms with Crippen LogP contribution in [-0.2, 0) is 6.42 Å². The summed E-state index contributed by atoms with van der Waals surface area (Å²) in [6.07, 6.45) is 8.92. The molecule has 0 amide bonds. The molecular weight excluding hydrogens is 238 g/mol. The zero-order valence-corrected chi connectivity index (χ0v) is 11.4. The fourth-order valence-electron chi connectivity index (χ4n) is 3.13. The Morgan fingerprint density at radius 1 is 1.42 bits per heavy atom. The summed E-state index contributed by atoms with van der Waals surface area (Å²) in [7, 11) is 0. The Morgan fingerprint density at radius 3 is 3.16 bits per heavy atom. The van der Waals surface area contributed by atoms with Crippen LogP contribution < -0.4 is 5.43 Å². The molecule has 0 radical (unpaired) electrons. The van der Waals surface area contributed by atoms with Crippen molar-refractivity contribution >= 4 is 5.65 Å². The zero-order chi connectivity index (χ0) is 13.2. The van der Waals surface area contributed by atoms with Crippen LogP contribution in [0.2, 0.25) is 0 Å². The Labute approximate surface area is 113 Å². The van der Waals surface area contributed by atoms with Crippen LogP contribution in [-0.4, -0.2) is 33.4 Å². The second kappa shape index (κ2) is 5.21. The average Bonchev–Trinajstić information content (AvgIpc) is 2.80. The molecule has 3 rings (SSSR count). The molecule has 0 bridgehead atoms. The third-order valence-corrected chi connectivity index (χ3v) is 4.15. The van der Waals surface area contributed by atoms with Gasteiger partial charge in [0.15, 0.2) is 5.43 Å². The maximum Gasteiger partial charge on any atom is 0.183 e. The summed E-state index contributed by atoms with van der Waals surface area (Å²) in [5.41, 5.74) is 2.17. The van der Waals surface area contributed by atoms with Crippen LogP contribution in [0.5, 0.6) is 0 Å². The first-order chi connectivity index (χ1) is 9.26. The van der Waals surface area contributed by atoms with E-state index < -0.39 is 0 Å². The second-order valence-corrected chi connectivity index (χ2v) is 5.42. The SMILES string of the molecule is CCN1CCCCC1Cc1cn2ccc(=O)cc2[nH]1. The molecule has 1 aliphatic rings. The number of aromatic nitrogens is 2. The standard InChI is InChI=1S/C15H21N3O/c1-2-17-7-4-3-5-13(17)9-12-11-18-8-6-14(19)10-15(18)16-12/h6,8,10-11,13,16H,2-5,7,9H2,1H3. The van der Waals surface area contributed by atoms with Crippen LogP contribution in [0.4, 0.5) is 0 Å². The first kappa shape index (κ1) is 12.5. The Bertz CT molecular complexity index is 613. The summed E-state index contributed by atoms with van der Waals surface area (Å²) in [6.45, 7) is 4.59. The van der Waals surface area contributed by atoms with Gasteiger partial charge in [-0.15, -0.1) is 0 Å². The van der Waals surface area contributed by atoms with Gasteiger partial charge in [0.05, 0.1) is 0 Å². The van der Waals surface area contributed by atoms with Crippen molar-refractivity contribution in [3.63, 3.8) is 0 Å². The molecule has 4 nitrogen and oxygen atoms in total. The topological polar surface area (TPSA) is 40.5 Å². The van der Waals surface area contributed by atoms with Crippen molar-refractivity contribution in [2.75, 3.05) is 13.1 Å². The van der Waals surface area contributed by atoms with Gasteiger partial charge in [-0.3, -0.25) is 4.79 Å². The van der Waals surface area contributed by atoms with Gasteiger partial charge < -0.3 is 14.3 Å². The number of likely N-dealkylation sites (tertiary alicyclic amines) is 1. The van der Waals surface area contributed by atoms with Crippen molar-refractivity contribution in [2.45, 2.75) is 38.6 Å². The van der Waals surface area contributed by atoms with E-state index >= 15 is 0 Å². The highest BCUT2D eigenvalue weighted by Crippen LogP contribution is 2.20. The van der Waals surface area contributed by atoms with E-state index in [9.17, 15) is 4.79 Å². The molecule has 2 aromatic rings. The van der Waals surface area contributed by atoms with Gasteiger partial charge in [0, 0.05) is 42.7 Å². The molecule has 1 unspecified atom stereocenters. The summed E-state index contributed by atoms with van der Waals surface area (Å²) in [4.78, 5) is 17.3. The molecule has 0 saturated carbocycles. The molecule has 19 heavy (non-hydrogen) atoms. The Kier molecular flexibility index (Phi) is 3.42. The number of fused-ring (bicyclic) bond motifs is 1. The molecule has 0 aromatic carbocycles. The number of nitrogens with one attached hydrogen (secondary N) is 1. The van der Waals surface area contributed by atoms with Crippen molar-refractivity contribution in [2.24, 2.45) is 0 Å². The van der Waals surface area contributed by atoms with Gasteiger partial charge in [-0.2, -0.15) is 0 Å². The van der Waals surface area contributed by atoms with E-state index in [4.69, 9.17) is 0 Å². The number of imidazole rings is 1. The average molecular weight is 259 g/mol. The lowest BCUT2D eigenvalue weighted by molar-refractivity contribution is 0.155. The minimum Gasteiger partial charge on any atom is -0.343 e. The van der Waals surface area contributed by atoms with Gasteiger partial charge in [-0.25, -0.2) is 0 Å². The number of rotatable bonds is 3. The predicted molar refractivity (Wildman–Crippen MR) is 76.6 cm³/mol. The van der Waals surface area contributed by atoms with Crippen molar-refractivity contribution in [3.05, 3.63) is 40.4 Å². The van der Waals surface area contributed by atoms with Gasteiger partial charge in [-0.1, -0.05) is 13.3 Å². The lowest BCUT2D eigenvalue weighted by Crippen LogP contribution is -2.40. The summed E-state index contributed by atoms with van der Waals surface area (Å²) in [5, 5.41) is 0. The number of pyridine rings is 1. The second-order valence-electron chi connectivity index (χ2n) is 5.42. The Hall–Kier alpha value is -1.55. The summed E-state index contributed by atoms with van der Waals surface area (Å²) >= 11 is 0. The third kappa shape index (κ3) is 2.59. The molecule has 1 atom stereocenters. The number of aromatic amines is 1. The van der Waals surface area contributed by atoms with Crippen molar-refractivity contribution in [1.29, 1.82) is 0 Å². The minimum absolute atomic E-state index is 0.0567. The van der Waals surface area contributed by atoms with Gasteiger partial charge >= 0.3 is 0 Å². The predicted octanol–water partition coefficient (Wildman–Crippen LogP) is 2.04. The number of piperidine rings is 1. The molecule has 3 heterocycles. The quantitative estimate of drug-likeness (QED) is 0.916. The molecule has 102 valence electrons. The summed E-state index contributed by atoms with van der Waals surface area (Å²) < 4.78 is 2.00. The van der Waals surface area contributed by atoms with Gasteiger partial charge in [-0.05, 0) is 25.9 Å². The zero-order valence-electron chi connectivity index (χ0n) is 11.4. The molecule has 1 aliphatic heterocycles. The van der Waals surface area contributed by atoms with Crippen LogP contribution >= 0.6 is 0 Å². The van der Waals surface area contributed by atoms with E-state index in [0.717, 1.165) is 18.6 Å². The van der Waals surface area contributed by atoms with Crippen molar-refractivity contribution in [3.8, 4) is 0 Å².